The SMILES string of the molecule is O=C(NC1CCCC1)c1cn([C@@H]2CCCN(Cc3ccccc3O)C2)nn1. The van der Waals surface area contributed by atoms with Crippen LogP contribution in [0.5, 0.6) is 5.75 Å². The number of hydrogen-bond acceptors (Lipinski definition) is 5. The molecule has 1 aliphatic heterocycles. The van der Waals surface area contributed by atoms with Gasteiger partial charge in [-0.1, -0.05) is 36.3 Å². The first-order valence-electron chi connectivity index (χ1n) is 9.91. The molecule has 1 saturated heterocycles. The molecule has 1 aromatic heterocycles. The maximum atomic E-state index is 12.4. The average molecular weight is 369 g/mol. The zero-order chi connectivity index (χ0) is 18.6. The number of nitrogens with one attached hydrogen (secondary N) is 1. The van der Waals surface area contributed by atoms with Crippen LogP contribution in [0.2, 0.25) is 0 Å². The van der Waals surface area contributed by atoms with Crippen molar-refractivity contribution < 1.29 is 9.90 Å². The van der Waals surface area contributed by atoms with Crippen LogP contribution in [0.25, 0.3) is 0 Å². The van der Waals surface area contributed by atoms with E-state index in [2.05, 4.69) is 20.5 Å². The lowest BCUT2D eigenvalue weighted by molar-refractivity contribution is 0.0932. The quantitative estimate of drug-likeness (QED) is 0.846. The summed E-state index contributed by atoms with van der Waals surface area (Å²) in [4.78, 5) is 14.7. The molecule has 2 aromatic rings. The lowest BCUT2D eigenvalue weighted by Gasteiger charge is -2.32. The van der Waals surface area contributed by atoms with E-state index in [1.165, 1.54) is 12.8 Å². The Morgan fingerprint density at radius 2 is 2.00 bits per heavy atom. The molecule has 1 aromatic carbocycles. The smallest absolute Gasteiger partial charge is 0.273 e. The minimum atomic E-state index is -0.116. The fourth-order valence-electron chi connectivity index (χ4n) is 4.16. The molecule has 2 heterocycles. The number of piperidine rings is 1. The Balaban J connectivity index is 1.37. The van der Waals surface area contributed by atoms with Crippen LogP contribution in [0.1, 0.15) is 60.6 Å². The maximum absolute atomic E-state index is 12.4. The van der Waals surface area contributed by atoms with Crippen LogP contribution in [0.15, 0.2) is 30.5 Å². The number of carbonyl (C=O) groups is 1. The van der Waals surface area contributed by atoms with Gasteiger partial charge in [-0.15, -0.1) is 5.10 Å². The Kier molecular flexibility index (Phi) is 5.38. The van der Waals surface area contributed by atoms with E-state index in [0.717, 1.165) is 44.3 Å². The van der Waals surface area contributed by atoms with Crippen LogP contribution >= 0.6 is 0 Å². The molecule has 1 amide bonds. The molecule has 2 N–H and O–H groups in total. The number of rotatable bonds is 5. The average Bonchev–Trinajstić information content (AvgIpc) is 3.36. The van der Waals surface area contributed by atoms with E-state index >= 15 is 0 Å². The van der Waals surface area contributed by atoms with E-state index in [1.54, 1.807) is 12.3 Å². The first-order chi connectivity index (χ1) is 13.2. The highest BCUT2D eigenvalue weighted by Gasteiger charge is 2.25. The van der Waals surface area contributed by atoms with Gasteiger partial charge in [0.2, 0.25) is 0 Å². The number of phenolic OH excluding ortho intramolecular Hbond substituents is 1. The molecule has 144 valence electrons. The van der Waals surface area contributed by atoms with Crippen LogP contribution in [-0.2, 0) is 6.54 Å². The molecule has 27 heavy (non-hydrogen) atoms. The van der Waals surface area contributed by atoms with Crippen molar-refractivity contribution in [2.24, 2.45) is 0 Å². The number of hydrogen-bond donors (Lipinski definition) is 2. The Labute approximate surface area is 159 Å². The molecule has 7 heteroatoms. The number of aromatic nitrogens is 3. The van der Waals surface area contributed by atoms with Gasteiger partial charge in [-0.3, -0.25) is 9.69 Å². The van der Waals surface area contributed by atoms with Crippen molar-refractivity contribution in [3.8, 4) is 5.75 Å². The third-order valence-electron chi connectivity index (χ3n) is 5.67. The van der Waals surface area contributed by atoms with Gasteiger partial charge in [0, 0.05) is 24.7 Å². The number of aromatic hydroxyl groups is 1. The number of amides is 1. The summed E-state index contributed by atoms with van der Waals surface area (Å²) in [5.74, 6) is 0.223. The summed E-state index contributed by atoms with van der Waals surface area (Å²) in [6.07, 6.45) is 8.34. The third-order valence-corrected chi connectivity index (χ3v) is 5.67. The van der Waals surface area contributed by atoms with Gasteiger partial charge >= 0.3 is 0 Å². The summed E-state index contributed by atoms with van der Waals surface area (Å²) in [5.41, 5.74) is 1.34. The largest absolute Gasteiger partial charge is 0.508 e. The normalized spacial score (nSPS) is 21.4. The fraction of sp³-hybridized carbons (Fsp3) is 0.550. The molecule has 4 rings (SSSR count). The van der Waals surface area contributed by atoms with Crippen molar-refractivity contribution in [2.75, 3.05) is 13.1 Å². The van der Waals surface area contributed by atoms with Gasteiger partial charge in [0.05, 0.1) is 12.2 Å². The first kappa shape index (κ1) is 18.0. The molecule has 7 nitrogen and oxygen atoms in total. The molecular formula is C20H27N5O2. The predicted molar refractivity (Wildman–Crippen MR) is 101 cm³/mol. The predicted octanol–water partition coefficient (Wildman–Crippen LogP) is 2.49. The zero-order valence-corrected chi connectivity index (χ0v) is 15.5. The second-order valence-electron chi connectivity index (χ2n) is 7.70. The molecule has 2 aliphatic rings. The van der Waals surface area contributed by atoms with Crippen LogP contribution in [0.3, 0.4) is 0 Å². The maximum Gasteiger partial charge on any atom is 0.273 e. The van der Waals surface area contributed by atoms with Crippen LogP contribution in [0.4, 0.5) is 0 Å². The van der Waals surface area contributed by atoms with Crippen LogP contribution in [-0.4, -0.2) is 50.0 Å². The van der Waals surface area contributed by atoms with E-state index in [-0.39, 0.29) is 18.0 Å². The molecule has 1 atom stereocenters. The van der Waals surface area contributed by atoms with Gasteiger partial charge in [0.15, 0.2) is 5.69 Å². The number of para-hydroxylation sites is 1. The van der Waals surface area contributed by atoms with Gasteiger partial charge in [0.1, 0.15) is 5.75 Å². The minimum absolute atomic E-state index is 0.116. The van der Waals surface area contributed by atoms with Gasteiger partial charge in [0.25, 0.3) is 5.91 Å². The summed E-state index contributed by atoms with van der Waals surface area (Å²) < 4.78 is 1.83. The Hall–Kier alpha value is -2.41. The highest BCUT2D eigenvalue weighted by molar-refractivity contribution is 5.92. The van der Waals surface area contributed by atoms with Crippen molar-refractivity contribution in [2.45, 2.75) is 57.2 Å². The van der Waals surface area contributed by atoms with Crippen molar-refractivity contribution in [3.63, 3.8) is 0 Å². The van der Waals surface area contributed by atoms with Gasteiger partial charge in [-0.05, 0) is 38.3 Å². The topological polar surface area (TPSA) is 83.3 Å². The number of nitrogens with zero attached hydrogens (tertiary/aromatic N) is 4. The second kappa shape index (κ2) is 8.08. The summed E-state index contributed by atoms with van der Waals surface area (Å²) >= 11 is 0. The Morgan fingerprint density at radius 3 is 2.81 bits per heavy atom. The highest BCUT2D eigenvalue weighted by atomic mass is 16.3. The van der Waals surface area contributed by atoms with E-state index in [0.29, 0.717) is 18.0 Å². The summed E-state index contributed by atoms with van der Waals surface area (Å²) in [5, 5.41) is 21.4. The van der Waals surface area contributed by atoms with Crippen LogP contribution in [0, 0.1) is 0 Å². The summed E-state index contributed by atoms with van der Waals surface area (Å²) in [6.45, 7) is 2.54. The molecule has 0 bridgehead atoms. The molecule has 0 spiro atoms. The Morgan fingerprint density at radius 1 is 1.19 bits per heavy atom. The molecular weight excluding hydrogens is 342 g/mol. The van der Waals surface area contributed by atoms with E-state index in [4.69, 9.17) is 0 Å². The fourth-order valence-corrected chi connectivity index (χ4v) is 4.16. The number of phenols is 1. The number of benzene rings is 1. The number of carbonyl (C=O) groups excluding carboxylic acids is 1. The third kappa shape index (κ3) is 4.30. The highest BCUT2D eigenvalue weighted by Crippen LogP contribution is 2.25. The first-order valence-corrected chi connectivity index (χ1v) is 9.91. The monoisotopic (exact) mass is 369 g/mol. The lowest BCUT2D eigenvalue weighted by Crippen LogP contribution is -2.36. The molecule has 1 saturated carbocycles. The molecule has 2 fully saturated rings. The minimum Gasteiger partial charge on any atom is -0.508 e. The molecule has 1 aliphatic carbocycles. The van der Waals surface area contributed by atoms with Crippen molar-refractivity contribution in [3.05, 3.63) is 41.7 Å². The lowest BCUT2D eigenvalue weighted by atomic mass is 10.0. The Bertz CT molecular complexity index is 784. The van der Waals surface area contributed by atoms with E-state index in [9.17, 15) is 9.90 Å². The van der Waals surface area contributed by atoms with Crippen molar-refractivity contribution in [1.29, 1.82) is 0 Å². The van der Waals surface area contributed by atoms with E-state index < -0.39 is 0 Å². The molecule has 0 radical (unpaired) electrons. The van der Waals surface area contributed by atoms with Crippen molar-refractivity contribution in [1.82, 2.24) is 25.2 Å². The van der Waals surface area contributed by atoms with Crippen LogP contribution < -0.4 is 5.32 Å². The number of likely N-dealkylation sites (tertiary alicyclic amines) is 1. The summed E-state index contributed by atoms with van der Waals surface area (Å²) in [7, 11) is 0. The second-order valence-corrected chi connectivity index (χ2v) is 7.70. The standard InChI is InChI=1S/C20H27N5O2/c26-19-10-4-1-6-15(19)12-24-11-5-9-17(13-24)25-14-18(22-23-25)20(27)21-16-7-2-3-8-16/h1,4,6,10,14,16-17,26H,2-3,5,7-9,11-13H2,(H,21,27)/t17-/m1/s1. The zero-order valence-electron chi connectivity index (χ0n) is 15.5. The summed E-state index contributed by atoms with van der Waals surface area (Å²) in [6, 6.07) is 7.95. The van der Waals surface area contributed by atoms with Gasteiger partial charge in [-0.2, -0.15) is 0 Å². The van der Waals surface area contributed by atoms with Gasteiger partial charge < -0.3 is 10.4 Å². The van der Waals surface area contributed by atoms with Gasteiger partial charge in [-0.25, -0.2) is 4.68 Å². The molecule has 0 unspecified atom stereocenters. The van der Waals surface area contributed by atoms with E-state index in [1.807, 2.05) is 22.9 Å². The van der Waals surface area contributed by atoms with Crippen molar-refractivity contribution >= 4 is 5.91 Å².